The quantitative estimate of drug-likeness (QED) is 0.770. The minimum absolute atomic E-state index is 0.00711. The summed E-state index contributed by atoms with van der Waals surface area (Å²) in [7, 11) is 0. The molecule has 0 aliphatic rings. The lowest BCUT2D eigenvalue weighted by molar-refractivity contribution is -0.120. The highest BCUT2D eigenvalue weighted by molar-refractivity contribution is 5.78. The van der Waals surface area contributed by atoms with Gasteiger partial charge in [-0.1, -0.05) is 19.9 Å². The van der Waals surface area contributed by atoms with Gasteiger partial charge in [-0.05, 0) is 18.1 Å². The van der Waals surface area contributed by atoms with Crippen molar-refractivity contribution in [1.29, 1.82) is 0 Å². The Balaban J connectivity index is 2.32. The zero-order chi connectivity index (χ0) is 12.0. The topological polar surface area (TPSA) is 68.0 Å². The summed E-state index contributed by atoms with van der Waals surface area (Å²) in [4.78, 5) is 15.6. The van der Waals surface area contributed by atoms with Crippen LogP contribution >= 0.6 is 0 Å². The van der Waals surface area contributed by atoms with Gasteiger partial charge in [0.25, 0.3) is 0 Å². The van der Waals surface area contributed by atoms with E-state index >= 15 is 0 Å². The first-order valence-corrected chi connectivity index (χ1v) is 5.51. The zero-order valence-corrected chi connectivity index (χ0v) is 9.81. The van der Waals surface area contributed by atoms with Gasteiger partial charge in [-0.3, -0.25) is 9.78 Å². The van der Waals surface area contributed by atoms with Crippen molar-refractivity contribution in [1.82, 2.24) is 10.3 Å². The number of pyridine rings is 1. The van der Waals surface area contributed by atoms with Crippen molar-refractivity contribution in [3.05, 3.63) is 30.1 Å². The summed E-state index contributed by atoms with van der Waals surface area (Å²) in [5.41, 5.74) is 6.60. The number of nitrogens with two attached hydrogens (primary N) is 1. The Morgan fingerprint density at radius 3 is 2.81 bits per heavy atom. The molecule has 1 rings (SSSR count). The first-order chi connectivity index (χ1) is 7.59. The van der Waals surface area contributed by atoms with Crippen LogP contribution in [0.4, 0.5) is 0 Å². The van der Waals surface area contributed by atoms with Crippen LogP contribution in [0.15, 0.2) is 24.4 Å². The number of hydrogen-bond donors (Lipinski definition) is 2. The molecule has 0 aromatic carbocycles. The van der Waals surface area contributed by atoms with E-state index in [-0.39, 0.29) is 11.9 Å². The number of carbonyl (C=O) groups excluding carboxylic acids is 1. The van der Waals surface area contributed by atoms with Gasteiger partial charge in [-0.25, -0.2) is 0 Å². The van der Waals surface area contributed by atoms with Crippen molar-refractivity contribution >= 4 is 5.91 Å². The van der Waals surface area contributed by atoms with Crippen LogP contribution in [0.25, 0.3) is 0 Å². The van der Waals surface area contributed by atoms with E-state index in [2.05, 4.69) is 10.3 Å². The van der Waals surface area contributed by atoms with Crippen molar-refractivity contribution in [3.8, 4) is 0 Å². The second kappa shape index (κ2) is 6.23. The summed E-state index contributed by atoms with van der Waals surface area (Å²) < 4.78 is 0. The summed E-state index contributed by atoms with van der Waals surface area (Å²) in [5.74, 6) is 0.338. The number of amides is 1. The van der Waals surface area contributed by atoms with Gasteiger partial charge in [0.1, 0.15) is 0 Å². The molecule has 0 saturated heterocycles. The molecular formula is C12H19N3O. The second-order valence-electron chi connectivity index (χ2n) is 4.21. The number of nitrogens with zero attached hydrogens (tertiary/aromatic N) is 1. The predicted molar refractivity (Wildman–Crippen MR) is 63.8 cm³/mol. The second-order valence-corrected chi connectivity index (χ2v) is 4.21. The Kier molecular flexibility index (Phi) is 4.92. The Bertz CT molecular complexity index is 324. The van der Waals surface area contributed by atoms with Crippen molar-refractivity contribution in [2.45, 2.75) is 26.3 Å². The van der Waals surface area contributed by atoms with Crippen LogP contribution in [0.3, 0.4) is 0 Å². The third-order valence-corrected chi connectivity index (χ3v) is 2.46. The van der Waals surface area contributed by atoms with Crippen LogP contribution in [0.5, 0.6) is 0 Å². The van der Waals surface area contributed by atoms with Crippen molar-refractivity contribution in [2.75, 3.05) is 6.54 Å². The van der Waals surface area contributed by atoms with Gasteiger partial charge in [0.2, 0.25) is 5.91 Å². The first-order valence-electron chi connectivity index (χ1n) is 5.51. The van der Waals surface area contributed by atoms with E-state index in [1.807, 2.05) is 32.0 Å². The summed E-state index contributed by atoms with van der Waals surface area (Å²) in [5, 5.41) is 2.81. The Morgan fingerprint density at radius 2 is 2.25 bits per heavy atom. The Morgan fingerprint density at radius 1 is 1.50 bits per heavy atom. The first kappa shape index (κ1) is 12.6. The SMILES string of the molecule is CC(C)C(N)CNC(=O)Cc1ccccn1. The van der Waals surface area contributed by atoms with Gasteiger partial charge in [0, 0.05) is 24.5 Å². The van der Waals surface area contributed by atoms with Crippen LogP contribution in [0.2, 0.25) is 0 Å². The fourth-order valence-electron chi connectivity index (χ4n) is 1.20. The van der Waals surface area contributed by atoms with Gasteiger partial charge in [0.05, 0.1) is 6.42 Å². The molecule has 1 aromatic heterocycles. The molecule has 88 valence electrons. The molecule has 0 bridgehead atoms. The van der Waals surface area contributed by atoms with Crippen molar-refractivity contribution < 1.29 is 4.79 Å². The monoisotopic (exact) mass is 221 g/mol. The molecule has 0 radical (unpaired) electrons. The molecule has 1 heterocycles. The lowest BCUT2D eigenvalue weighted by Gasteiger charge is -2.15. The maximum atomic E-state index is 11.5. The minimum Gasteiger partial charge on any atom is -0.354 e. The van der Waals surface area contributed by atoms with E-state index in [1.165, 1.54) is 0 Å². The molecule has 0 fully saturated rings. The van der Waals surface area contributed by atoms with E-state index in [0.717, 1.165) is 5.69 Å². The Hall–Kier alpha value is -1.42. The average molecular weight is 221 g/mol. The molecular weight excluding hydrogens is 202 g/mol. The molecule has 0 aliphatic heterocycles. The summed E-state index contributed by atoms with van der Waals surface area (Å²) >= 11 is 0. The molecule has 4 nitrogen and oxygen atoms in total. The molecule has 1 atom stereocenters. The maximum absolute atomic E-state index is 11.5. The van der Waals surface area contributed by atoms with Gasteiger partial charge >= 0.3 is 0 Å². The third-order valence-electron chi connectivity index (χ3n) is 2.46. The molecule has 16 heavy (non-hydrogen) atoms. The summed E-state index contributed by atoms with van der Waals surface area (Å²) in [6, 6.07) is 5.54. The van der Waals surface area contributed by atoms with Crippen molar-refractivity contribution in [3.63, 3.8) is 0 Å². The highest BCUT2D eigenvalue weighted by Crippen LogP contribution is 1.97. The Labute approximate surface area is 96.3 Å². The summed E-state index contributed by atoms with van der Waals surface area (Å²) in [6.07, 6.45) is 1.99. The minimum atomic E-state index is -0.0326. The molecule has 1 aromatic rings. The molecule has 1 amide bonds. The van der Waals surface area contributed by atoms with E-state index in [0.29, 0.717) is 18.9 Å². The summed E-state index contributed by atoms with van der Waals surface area (Å²) in [6.45, 7) is 4.59. The number of hydrogen-bond acceptors (Lipinski definition) is 3. The third kappa shape index (κ3) is 4.40. The normalized spacial score (nSPS) is 12.5. The van der Waals surface area contributed by atoms with Gasteiger partial charge in [0.15, 0.2) is 0 Å². The number of rotatable bonds is 5. The highest BCUT2D eigenvalue weighted by Gasteiger charge is 2.09. The highest BCUT2D eigenvalue weighted by atomic mass is 16.1. The molecule has 4 heteroatoms. The van der Waals surface area contributed by atoms with Gasteiger partial charge in [-0.2, -0.15) is 0 Å². The van der Waals surface area contributed by atoms with E-state index in [9.17, 15) is 4.79 Å². The molecule has 3 N–H and O–H groups in total. The van der Waals surface area contributed by atoms with Crippen LogP contribution < -0.4 is 11.1 Å². The molecule has 0 aliphatic carbocycles. The largest absolute Gasteiger partial charge is 0.354 e. The molecule has 0 spiro atoms. The predicted octanol–water partition coefficient (Wildman–Crippen LogP) is 0.724. The van der Waals surface area contributed by atoms with Crippen LogP contribution in [0.1, 0.15) is 19.5 Å². The van der Waals surface area contributed by atoms with Gasteiger partial charge < -0.3 is 11.1 Å². The van der Waals surface area contributed by atoms with Gasteiger partial charge in [-0.15, -0.1) is 0 Å². The fourth-order valence-corrected chi connectivity index (χ4v) is 1.20. The standard InChI is InChI=1S/C12H19N3O/c1-9(2)11(13)8-15-12(16)7-10-5-3-4-6-14-10/h3-6,9,11H,7-8,13H2,1-2H3,(H,15,16). The molecule has 0 saturated carbocycles. The van der Waals surface area contributed by atoms with Crippen LogP contribution in [0, 0.1) is 5.92 Å². The molecule has 1 unspecified atom stereocenters. The number of nitrogens with one attached hydrogen (secondary N) is 1. The zero-order valence-electron chi connectivity index (χ0n) is 9.81. The van der Waals surface area contributed by atoms with Crippen LogP contribution in [-0.4, -0.2) is 23.5 Å². The van der Waals surface area contributed by atoms with Crippen molar-refractivity contribution in [2.24, 2.45) is 11.7 Å². The fraction of sp³-hybridized carbons (Fsp3) is 0.500. The van der Waals surface area contributed by atoms with E-state index in [1.54, 1.807) is 6.20 Å². The van der Waals surface area contributed by atoms with E-state index < -0.39 is 0 Å². The van der Waals surface area contributed by atoms with E-state index in [4.69, 9.17) is 5.73 Å². The smallest absolute Gasteiger partial charge is 0.226 e. The lowest BCUT2D eigenvalue weighted by Crippen LogP contribution is -2.40. The number of carbonyl (C=O) groups is 1. The number of aromatic nitrogens is 1. The average Bonchev–Trinajstić information content (AvgIpc) is 2.27. The maximum Gasteiger partial charge on any atom is 0.226 e. The van der Waals surface area contributed by atoms with Crippen LogP contribution in [-0.2, 0) is 11.2 Å². The lowest BCUT2D eigenvalue weighted by atomic mass is 10.1.